The van der Waals surface area contributed by atoms with E-state index in [0.29, 0.717) is 6.07 Å². The number of hydrogen-bond donors (Lipinski definition) is 0. The summed E-state index contributed by atoms with van der Waals surface area (Å²) in [4.78, 5) is 3.43. The summed E-state index contributed by atoms with van der Waals surface area (Å²) in [6.45, 7) is 0. The molecule has 0 atom stereocenters. The fourth-order valence-corrected chi connectivity index (χ4v) is 1.92. The number of halogens is 7. The van der Waals surface area contributed by atoms with Gasteiger partial charge in [-0.1, -0.05) is 0 Å². The lowest BCUT2D eigenvalue weighted by Gasteiger charge is -2.14. The molecule has 0 fully saturated rings. The van der Waals surface area contributed by atoms with Gasteiger partial charge < -0.3 is 0 Å². The highest BCUT2D eigenvalue weighted by Crippen LogP contribution is 2.40. The number of pyridine rings is 1. The first-order chi connectivity index (χ1) is 7.27. The summed E-state index contributed by atoms with van der Waals surface area (Å²) in [5, 5.41) is 0. The van der Waals surface area contributed by atoms with Crippen LogP contribution >= 0.6 is 27.5 Å². The van der Waals surface area contributed by atoms with Crippen molar-refractivity contribution in [1.29, 1.82) is 0 Å². The van der Waals surface area contributed by atoms with Gasteiger partial charge in [-0.2, -0.15) is 13.2 Å². The van der Waals surface area contributed by atoms with E-state index >= 15 is 0 Å². The summed E-state index contributed by atoms with van der Waals surface area (Å²) in [6.07, 6.45) is -8.12. The molecule has 0 spiro atoms. The minimum atomic E-state index is -4.89. The zero-order valence-electron chi connectivity index (χ0n) is 7.45. The molecular weight excluding hydrogens is 320 g/mol. The van der Waals surface area contributed by atoms with Gasteiger partial charge in [0.1, 0.15) is 4.60 Å². The molecule has 0 aliphatic carbocycles. The van der Waals surface area contributed by atoms with E-state index in [-0.39, 0.29) is 11.6 Å². The molecule has 1 nitrogen and oxygen atoms in total. The third-order valence-electron chi connectivity index (χ3n) is 1.71. The lowest BCUT2D eigenvalue weighted by atomic mass is 10.1. The Balaban J connectivity index is 3.46. The predicted octanol–water partition coefficient (Wildman–Crippen LogP) is 4.54. The molecule has 0 saturated carbocycles. The zero-order chi connectivity index (χ0) is 12.5. The van der Waals surface area contributed by atoms with Crippen LogP contribution in [0.5, 0.6) is 0 Å². The fourth-order valence-electron chi connectivity index (χ4n) is 1.11. The Bertz CT molecular complexity index is 393. The van der Waals surface area contributed by atoms with E-state index < -0.39 is 28.3 Å². The molecule has 0 bridgehead atoms. The van der Waals surface area contributed by atoms with Crippen molar-refractivity contribution < 1.29 is 22.0 Å². The number of hydrogen-bond acceptors (Lipinski definition) is 1. The molecule has 0 N–H and O–H groups in total. The summed E-state index contributed by atoms with van der Waals surface area (Å²) < 4.78 is 61.7. The zero-order valence-corrected chi connectivity index (χ0v) is 9.80. The van der Waals surface area contributed by atoms with Crippen molar-refractivity contribution in [2.75, 3.05) is 0 Å². The molecule has 1 heterocycles. The van der Waals surface area contributed by atoms with E-state index in [1.807, 2.05) is 0 Å². The summed E-state index contributed by atoms with van der Waals surface area (Å²) in [6, 6.07) is 0.658. The van der Waals surface area contributed by atoms with Crippen molar-refractivity contribution >= 4 is 27.5 Å². The maximum Gasteiger partial charge on any atom is 0.419 e. The normalized spacial score (nSPS) is 12.2. The van der Waals surface area contributed by atoms with Gasteiger partial charge in [-0.05, 0) is 22.0 Å². The van der Waals surface area contributed by atoms with Crippen LogP contribution in [0.2, 0.25) is 0 Å². The van der Waals surface area contributed by atoms with Crippen LogP contribution in [0.25, 0.3) is 0 Å². The lowest BCUT2D eigenvalue weighted by molar-refractivity contribution is -0.140. The van der Waals surface area contributed by atoms with Crippen LogP contribution in [0.15, 0.2) is 10.7 Å². The summed E-state index contributed by atoms with van der Waals surface area (Å²) in [5.74, 6) is -0.240. The third-order valence-corrected chi connectivity index (χ3v) is 2.56. The largest absolute Gasteiger partial charge is 0.419 e. The minimum Gasteiger partial charge on any atom is -0.244 e. The van der Waals surface area contributed by atoms with Crippen molar-refractivity contribution in [3.05, 3.63) is 27.5 Å². The molecule has 0 aliphatic rings. The molecule has 0 amide bonds. The predicted molar refractivity (Wildman–Crippen MR) is 51.5 cm³/mol. The second-order valence-corrected chi connectivity index (χ2v) is 3.82. The number of rotatable bonds is 2. The summed E-state index contributed by atoms with van der Waals surface area (Å²) in [7, 11) is 0. The molecule has 0 saturated heterocycles. The Kier molecular flexibility index (Phi) is 4.12. The van der Waals surface area contributed by atoms with Gasteiger partial charge in [0, 0.05) is 5.56 Å². The first-order valence-corrected chi connectivity index (χ1v) is 5.20. The van der Waals surface area contributed by atoms with Gasteiger partial charge in [-0.25, -0.2) is 13.8 Å². The van der Waals surface area contributed by atoms with Gasteiger partial charge in [-0.3, -0.25) is 0 Å². The maximum atomic E-state index is 12.5. The molecule has 1 aromatic rings. The Morgan fingerprint density at radius 2 is 1.94 bits per heavy atom. The van der Waals surface area contributed by atoms with E-state index in [1.54, 1.807) is 0 Å². The van der Waals surface area contributed by atoms with Gasteiger partial charge in [0.2, 0.25) is 0 Å². The monoisotopic (exact) mass is 323 g/mol. The van der Waals surface area contributed by atoms with Crippen molar-refractivity contribution in [3.63, 3.8) is 0 Å². The van der Waals surface area contributed by atoms with Gasteiger partial charge >= 0.3 is 6.18 Å². The van der Waals surface area contributed by atoms with Gasteiger partial charge in [0.05, 0.1) is 17.1 Å². The molecule has 90 valence electrons. The highest BCUT2D eigenvalue weighted by Gasteiger charge is 2.39. The quantitative estimate of drug-likeness (QED) is 0.442. The molecule has 8 heteroatoms. The Morgan fingerprint density at radius 1 is 1.38 bits per heavy atom. The van der Waals surface area contributed by atoms with Gasteiger partial charge in [-0.15, -0.1) is 11.6 Å². The van der Waals surface area contributed by atoms with Crippen LogP contribution in [0.1, 0.15) is 23.2 Å². The Hall–Kier alpha value is -0.430. The van der Waals surface area contributed by atoms with Crippen LogP contribution in [0.3, 0.4) is 0 Å². The van der Waals surface area contributed by atoms with E-state index in [0.717, 1.165) is 0 Å². The average molecular weight is 324 g/mol. The Labute approximate surface area is 101 Å². The SMILES string of the molecule is FC(F)c1cc(CCl)nc(Br)c1C(F)(F)F. The molecule has 1 aromatic heterocycles. The fraction of sp³-hybridized carbons (Fsp3) is 0.375. The van der Waals surface area contributed by atoms with E-state index in [2.05, 4.69) is 20.9 Å². The lowest BCUT2D eigenvalue weighted by Crippen LogP contribution is -2.13. The van der Waals surface area contributed by atoms with Gasteiger partial charge in [0.25, 0.3) is 6.43 Å². The van der Waals surface area contributed by atoms with Crippen molar-refractivity contribution in [2.24, 2.45) is 0 Å². The number of aromatic nitrogens is 1. The van der Waals surface area contributed by atoms with Crippen LogP contribution < -0.4 is 0 Å². The standard InChI is InChI=1S/C8H4BrClF5N/c9-6-5(8(13,14)15)4(7(11)12)1-3(2-10)16-6/h1,7H,2H2. The van der Waals surface area contributed by atoms with Crippen LogP contribution in [0.4, 0.5) is 22.0 Å². The van der Waals surface area contributed by atoms with Crippen molar-refractivity contribution in [3.8, 4) is 0 Å². The van der Waals surface area contributed by atoms with Gasteiger partial charge in [0.15, 0.2) is 0 Å². The number of nitrogens with zero attached hydrogens (tertiary/aromatic N) is 1. The van der Waals surface area contributed by atoms with Crippen molar-refractivity contribution in [1.82, 2.24) is 4.98 Å². The molecule has 16 heavy (non-hydrogen) atoms. The maximum absolute atomic E-state index is 12.5. The first-order valence-electron chi connectivity index (χ1n) is 3.88. The second kappa shape index (κ2) is 4.83. The van der Waals surface area contributed by atoms with Crippen LogP contribution in [-0.2, 0) is 12.1 Å². The second-order valence-electron chi connectivity index (χ2n) is 2.80. The first kappa shape index (κ1) is 13.6. The summed E-state index contributed by atoms with van der Waals surface area (Å²) in [5.41, 5.74) is -2.63. The van der Waals surface area contributed by atoms with E-state index in [9.17, 15) is 22.0 Å². The molecule has 0 aliphatic heterocycles. The average Bonchev–Trinajstić information content (AvgIpc) is 2.14. The topological polar surface area (TPSA) is 12.9 Å². The molecular formula is C8H4BrClF5N. The minimum absolute atomic E-state index is 0.0446. The molecule has 0 aromatic carbocycles. The Morgan fingerprint density at radius 3 is 2.31 bits per heavy atom. The number of alkyl halides is 6. The molecule has 1 rings (SSSR count). The smallest absolute Gasteiger partial charge is 0.244 e. The van der Waals surface area contributed by atoms with E-state index in [4.69, 9.17) is 11.6 Å². The van der Waals surface area contributed by atoms with Crippen LogP contribution in [0, 0.1) is 0 Å². The highest BCUT2D eigenvalue weighted by molar-refractivity contribution is 9.10. The summed E-state index contributed by atoms with van der Waals surface area (Å²) >= 11 is 7.85. The highest BCUT2D eigenvalue weighted by atomic mass is 79.9. The van der Waals surface area contributed by atoms with Crippen molar-refractivity contribution in [2.45, 2.75) is 18.5 Å². The van der Waals surface area contributed by atoms with Crippen LogP contribution in [-0.4, -0.2) is 4.98 Å². The van der Waals surface area contributed by atoms with E-state index in [1.165, 1.54) is 0 Å². The molecule has 0 radical (unpaired) electrons. The third kappa shape index (κ3) is 2.82. The molecule has 0 unspecified atom stereocenters.